The molecule has 1 aliphatic rings. The highest BCUT2D eigenvalue weighted by molar-refractivity contribution is 6.00. The van der Waals surface area contributed by atoms with Gasteiger partial charge in [-0.3, -0.25) is 14.4 Å². The molecule has 0 saturated carbocycles. The summed E-state index contributed by atoms with van der Waals surface area (Å²) in [6.07, 6.45) is 0.0635. The largest absolute Gasteiger partial charge is 0.478 e. The number of hydrogen-bond donors (Lipinski definition) is 0. The average molecular weight is 424 g/mol. The number of amides is 2. The molecule has 0 saturated heterocycles. The number of rotatable bonds is 9. The normalized spacial score (nSPS) is 15.1. The van der Waals surface area contributed by atoms with Crippen LogP contribution in [-0.4, -0.2) is 48.5 Å². The first kappa shape index (κ1) is 22.3. The number of fused-ring (bicyclic) bond motifs is 1. The molecule has 1 aliphatic heterocycles. The zero-order valence-electron chi connectivity index (χ0n) is 18.0. The van der Waals surface area contributed by atoms with Gasteiger partial charge in [0.2, 0.25) is 5.91 Å². The molecule has 7 heteroatoms. The molecule has 7 nitrogen and oxygen atoms in total. The van der Waals surface area contributed by atoms with Crippen LogP contribution < -0.4 is 9.64 Å². The number of nitrogens with zero attached hydrogens (tertiary/aromatic N) is 2. The molecule has 3 rings (SSSR count). The summed E-state index contributed by atoms with van der Waals surface area (Å²) in [6.45, 7) is 4.25. The summed E-state index contributed by atoms with van der Waals surface area (Å²) in [5.41, 5.74) is 1.57. The standard InChI is InChI=1S/C24H28N2O5/c1-3-20-24(29)26(19-12-8-9-13-21(19)31-20)15-14-22(27)25(17-23(28)30-4-2)16-18-10-6-5-7-11-18/h5-13,20H,3-4,14-17H2,1-2H3. The van der Waals surface area contributed by atoms with Gasteiger partial charge >= 0.3 is 5.97 Å². The molecule has 0 bridgehead atoms. The minimum atomic E-state index is -0.565. The first-order chi connectivity index (χ1) is 15.0. The van der Waals surface area contributed by atoms with Gasteiger partial charge in [-0.25, -0.2) is 0 Å². The van der Waals surface area contributed by atoms with Crippen molar-refractivity contribution in [1.82, 2.24) is 4.90 Å². The molecule has 0 aliphatic carbocycles. The molecule has 2 amide bonds. The first-order valence-electron chi connectivity index (χ1n) is 10.6. The third-order valence-electron chi connectivity index (χ3n) is 5.08. The molecule has 164 valence electrons. The molecule has 0 spiro atoms. The summed E-state index contributed by atoms with van der Waals surface area (Å²) in [6, 6.07) is 16.8. The lowest BCUT2D eigenvalue weighted by Gasteiger charge is -2.34. The predicted molar refractivity (Wildman–Crippen MR) is 117 cm³/mol. The van der Waals surface area contributed by atoms with E-state index in [1.807, 2.05) is 61.5 Å². The van der Waals surface area contributed by atoms with Gasteiger partial charge in [0.25, 0.3) is 5.91 Å². The SMILES string of the molecule is CCOC(=O)CN(Cc1ccccc1)C(=O)CCN1C(=O)C(CC)Oc2ccccc21. The lowest BCUT2D eigenvalue weighted by atomic mass is 10.1. The van der Waals surface area contributed by atoms with Crippen LogP contribution in [0.5, 0.6) is 5.75 Å². The van der Waals surface area contributed by atoms with E-state index in [0.717, 1.165) is 5.56 Å². The maximum Gasteiger partial charge on any atom is 0.325 e. The molecule has 0 fully saturated rings. The summed E-state index contributed by atoms with van der Waals surface area (Å²) in [7, 11) is 0. The van der Waals surface area contributed by atoms with Crippen molar-refractivity contribution in [3.63, 3.8) is 0 Å². The van der Waals surface area contributed by atoms with Crippen LogP contribution >= 0.6 is 0 Å². The Kier molecular flexibility index (Phi) is 7.65. The molecular formula is C24H28N2O5. The van der Waals surface area contributed by atoms with E-state index in [1.54, 1.807) is 11.8 Å². The van der Waals surface area contributed by atoms with Gasteiger partial charge in [-0.05, 0) is 31.0 Å². The number of esters is 1. The van der Waals surface area contributed by atoms with E-state index in [1.165, 1.54) is 4.90 Å². The van der Waals surface area contributed by atoms with Gasteiger partial charge in [-0.2, -0.15) is 0 Å². The van der Waals surface area contributed by atoms with E-state index < -0.39 is 12.1 Å². The van der Waals surface area contributed by atoms with E-state index in [2.05, 4.69) is 0 Å². The van der Waals surface area contributed by atoms with Gasteiger partial charge < -0.3 is 19.3 Å². The Morgan fingerprint density at radius 1 is 1.06 bits per heavy atom. The second kappa shape index (κ2) is 10.6. The van der Waals surface area contributed by atoms with Crippen LogP contribution in [0.1, 0.15) is 32.3 Å². The minimum absolute atomic E-state index is 0.0861. The molecular weight excluding hydrogens is 396 g/mol. The van der Waals surface area contributed by atoms with E-state index in [4.69, 9.17) is 9.47 Å². The highest BCUT2D eigenvalue weighted by atomic mass is 16.5. The Bertz CT molecular complexity index is 915. The Hall–Kier alpha value is -3.35. The fraction of sp³-hybridized carbons (Fsp3) is 0.375. The number of para-hydroxylation sites is 2. The van der Waals surface area contributed by atoms with Crippen molar-refractivity contribution in [3.8, 4) is 5.75 Å². The summed E-state index contributed by atoms with van der Waals surface area (Å²) in [5.74, 6) is -0.199. The lowest BCUT2D eigenvalue weighted by molar-refractivity contribution is -0.149. The van der Waals surface area contributed by atoms with Crippen molar-refractivity contribution < 1.29 is 23.9 Å². The lowest BCUT2D eigenvalue weighted by Crippen LogP contribution is -2.47. The molecule has 1 unspecified atom stereocenters. The van der Waals surface area contributed by atoms with Crippen LogP contribution in [0.15, 0.2) is 54.6 Å². The summed E-state index contributed by atoms with van der Waals surface area (Å²) >= 11 is 0. The van der Waals surface area contributed by atoms with Crippen LogP contribution in [0.3, 0.4) is 0 Å². The Morgan fingerprint density at radius 3 is 2.48 bits per heavy atom. The molecule has 2 aromatic rings. The number of anilines is 1. The fourth-order valence-corrected chi connectivity index (χ4v) is 3.53. The van der Waals surface area contributed by atoms with Gasteiger partial charge in [-0.1, -0.05) is 49.4 Å². The molecule has 0 radical (unpaired) electrons. The fourth-order valence-electron chi connectivity index (χ4n) is 3.53. The van der Waals surface area contributed by atoms with Crippen LogP contribution in [0.4, 0.5) is 5.69 Å². The molecule has 2 aromatic carbocycles. The number of carbonyl (C=O) groups excluding carboxylic acids is 3. The van der Waals surface area contributed by atoms with Crippen LogP contribution in [0, 0.1) is 0 Å². The predicted octanol–water partition coefficient (Wildman–Crippen LogP) is 3.17. The Morgan fingerprint density at radius 2 is 1.77 bits per heavy atom. The van der Waals surface area contributed by atoms with Crippen LogP contribution in [-0.2, 0) is 25.7 Å². The number of ether oxygens (including phenoxy) is 2. The first-order valence-corrected chi connectivity index (χ1v) is 10.6. The van der Waals surface area contributed by atoms with Crippen molar-refractivity contribution in [2.45, 2.75) is 39.3 Å². The van der Waals surface area contributed by atoms with Gasteiger partial charge in [0, 0.05) is 19.5 Å². The van der Waals surface area contributed by atoms with Gasteiger partial charge in [0.05, 0.1) is 12.3 Å². The Balaban J connectivity index is 1.73. The zero-order valence-corrected chi connectivity index (χ0v) is 18.0. The topological polar surface area (TPSA) is 76.2 Å². The molecule has 31 heavy (non-hydrogen) atoms. The quantitative estimate of drug-likeness (QED) is 0.578. The summed E-state index contributed by atoms with van der Waals surface area (Å²) in [5, 5.41) is 0. The van der Waals surface area contributed by atoms with Gasteiger partial charge in [-0.15, -0.1) is 0 Å². The highest BCUT2D eigenvalue weighted by Crippen LogP contribution is 2.34. The number of carbonyl (C=O) groups is 3. The second-order valence-corrected chi connectivity index (χ2v) is 7.26. The number of hydrogen-bond acceptors (Lipinski definition) is 5. The van der Waals surface area contributed by atoms with E-state index in [0.29, 0.717) is 24.4 Å². The van der Waals surface area contributed by atoms with Crippen molar-refractivity contribution in [2.75, 3.05) is 24.6 Å². The van der Waals surface area contributed by atoms with E-state index >= 15 is 0 Å². The second-order valence-electron chi connectivity index (χ2n) is 7.26. The van der Waals surface area contributed by atoms with Gasteiger partial charge in [0.1, 0.15) is 12.3 Å². The molecule has 1 heterocycles. The monoisotopic (exact) mass is 424 g/mol. The Labute approximate surface area is 182 Å². The summed E-state index contributed by atoms with van der Waals surface area (Å²) < 4.78 is 10.8. The van der Waals surface area contributed by atoms with Crippen molar-refractivity contribution >= 4 is 23.5 Å². The minimum Gasteiger partial charge on any atom is -0.478 e. The number of benzene rings is 2. The third-order valence-corrected chi connectivity index (χ3v) is 5.08. The van der Waals surface area contributed by atoms with E-state index in [9.17, 15) is 14.4 Å². The zero-order chi connectivity index (χ0) is 22.2. The molecule has 0 N–H and O–H groups in total. The molecule has 0 aromatic heterocycles. The smallest absolute Gasteiger partial charge is 0.325 e. The third kappa shape index (κ3) is 5.63. The van der Waals surface area contributed by atoms with Crippen LogP contribution in [0.2, 0.25) is 0 Å². The van der Waals surface area contributed by atoms with Crippen LogP contribution in [0.25, 0.3) is 0 Å². The van der Waals surface area contributed by atoms with Gasteiger partial charge in [0.15, 0.2) is 6.10 Å². The van der Waals surface area contributed by atoms with Crippen molar-refractivity contribution in [3.05, 3.63) is 60.2 Å². The average Bonchev–Trinajstić information content (AvgIpc) is 2.78. The highest BCUT2D eigenvalue weighted by Gasteiger charge is 2.33. The molecule has 1 atom stereocenters. The maximum absolute atomic E-state index is 13.0. The van der Waals surface area contributed by atoms with Crippen molar-refractivity contribution in [2.24, 2.45) is 0 Å². The maximum atomic E-state index is 13.0. The van der Waals surface area contributed by atoms with E-state index in [-0.39, 0.29) is 37.9 Å². The summed E-state index contributed by atoms with van der Waals surface area (Å²) in [4.78, 5) is 41.0. The van der Waals surface area contributed by atoms with Crippen molar-refractivity contribution in [1.29, 1.82) is 0 Å².